The molecule has 0 aliphatic heterocycles. The molecule has 0 fully saturated rings. The summed E-state index contributed by atoms with van der Waals surface area (Å²) < 4.78 is 103. The lowest BCUT2D eigenvalue weighted by molar-refractivity contribution is -0.355. The minimum atomic E-state index is -6.17. The molecule has 0 aromatic rings. The van der Waals surface area contributed by atoms with Gasteiger partial charge in [0.1, 0.15) is 6.61 Å². The van der Waals surface area contributed by atoms with Crippen LogP contribution in [0.1, 0.15) is 6.92 Å². The summed E-state index contributed by atoms with van der Waals surface area (Å²) in [6, 6.07) is 0. The number of likely N-dealkylation sites (N-methyl/N-ethyl adjacent to an activating group) is 1. The number of carbonyl (C=O) groups excluding carboxylic acids is 2. The van der Waals surface area contributed by atoms with Crippen molar-refractivity contribution < 1.29 is 54.0 Å². The number of esters is 1. The zero-order valence-corrected chi connectivity index (χ0v) is 13.9. The third-order valence-electron chi connectivity index (χ3n) is 2.47. The molecule has 146 valence electrons. The topological polar surface area (TPSA) is 110 Å². The van der Waals surface area contributed by atoms with E-state index in [4.69, 9.17) is 4.55 Å². The van der Waals surface area contributed by atoms with Crippen molar-refractivity contribution in [1.82, 2.24) is 4.90 Å². The van der Waals surface area contributed by atoms with E-state index < -0.39 is 51.4 Å². The van der Waals surface area contributed by atoms with Crippen molar-refractivity contribution in [2.45, 2.75) is 24.1 Å². The van der Waals surface area contributed by atoms with E-state index in [1.165, 1.54) is 0 Å². The van der Waals surface area contributed by atoms with E-state index in [9.17, 15) is 40.0 Å². The molecule has 0 aliphatic carbocycles. The Morgan fingerprint density at radius 3 is 1.88 bits per heavy atom. The Labute approximate surface area is 138 Å². The number of hydrogen-bond donors (Lipinski definition) is 1. The van der Waals surface area contributed by atoms with Crippen molar-refractivity contribution in [3.05, 3.63) is 12.2 Å². The number of nitrogens with zero attached hydrogens (tertiary/aromatic N) is 1. The molecule has 1 atom stereocenters. The number of halogens is 5. The molecular weight excluding hydrogens is 385 g/mol. The minimum absolute atomic E-state index is 0.213. The predicted octanol–water partition coefficient (Wildman–Crippen LogP) is 0.950. The summed E-state index contributed by atoms with van der Waals surface area (Å²) in [6.07, 6.45) is -5.88. The first-order valence-electron chi connectivity index (χ1n) is 6.05. The molecule has 14 heteroatoms. The van der Waals surface area contributed by atoms with E-state index in [0.29, 0.717) is 0 Å². The Morgan fingerprint density at radius 1 is 1.16 bits per heavy atom. The molecule has 0 aliphatic rings. The highest BCUT2D eigenvalue weighted by atomic mass is 32.2. The van der Waals surface area contributed by atoms with E-state index in [-0.39, 0.29) is 4.90 Å². The summed E-state index contributed by atoms with van der Waals surface area (Å²) in [5.74, 6) is -8.54. The molecule has 1 N–H and O–H groups in total. The molecule has 1 unspecified atom stereocenters. The number of ether oxygens (including phenoxy) is 2. The quantitative estimate of drug-likeness (QED) is 0.223. The number of hydrogen-bond acceptors (Lipinski definition) is 6. The van der Waals surface area contributed by atoms with E-state index in [0.717, 1.165) is 21.0 Å². The highest BCUT2D eigenvalue weighted by molar-refractivity contribution is 7.86. The fraction of sp³-hybridized carbons (Fsp3) is 0.636. The molecule has 1 amide bonds. The molecule has 0 radical (unpaired) electrons. The van der Waals surface area contributed by atoms with Gasteiger partial charge in [0.05, 0.1) is 0 Å². The highest BCUT2D eigenvalue weighted by Gasteiger charge is 2.68. The van der Waals surface area contributed by atoms with Crippen LogP contribution in [0.15, 0.2) is 12.2 Å². The van der Waals surface area contributed by atoms with E-state index in [1.807, 2.05) is 0 Å². The summed E-state index contributed by atoms with van der Waals surface area (Å²) in [4.78, 5) is 23.5. The average molecular weight is 399 g/mol. The van der Waals surface area contributed by atoms with Gasteiger partial charge in [0.25, 0.3) is 0 Å². The van der Waals surface area contributed by atoms with E-state index in [2.05, 4.69) is 16.1 Å². The fourth-order valence-electron chi connectivity index (χ4n) is 1.17. The molecule has 0 heterocycles. The summed E-state index contributed by atoms with van der Waals surface area (Å²) in [5.41, 5.74) is -0.634. The van der Waals surface area contributed by atoms with Crippen molar-refractivity contribution >= 4 is 22.0 Å². The first kappa shape index (κ1) is 23.2. The Balaban J connectivity index is 6.16. The van der Waals surface area contributed by atoms with Gasteiger partial charge in [-0.05, 0) is 6.92 Å². The molecule has 25 heavy (non-hydrogen) atoms. The number of alkyl halides is 5. The second-order valence-corrected chi connectivity index (χ2v) is 6.43. The van der Waals surface area contributed by atoms with Crippen LogP contribution in [-0.2, 0) is 29.2 Å². The molecule has 0 saturated carbocycles. The smallest absolute Gasteiger partial charge is 0.412 e. The zero-order chi connectivity index (χ0) is 20.4. The van der Waals surface area contributed by atoms with Gasteiger partial charge >= 0.3 is 39.2 Å². The standard InChI is InChI=1S/C11H14F5NO7S/c1-6(2)7(18)24-10(11(14,15)16,8(19)17(3)4)23-5-9(12,13)25(20,21)22/h1,5H2,2-4H3,(H,20,21,22). The Hall–Kier alpha value is -1.80. The molecular formula is C11H14F5NO7S. The van der Waals surface area contributed by atoms with Gasteiger partial charge in [-0.2, -0.15) is 30.4 Å². The number of amides is 1. The Kier molecular flexibility index (Phi) is 6.69. The highest BCUT2D eigenvalue weighted by Crippen LogP contribution is 2.38. The molecule has 0 aromatic carbocycles. The lowest BCUT2D eigenvalue weighted by Crippen LogP contribution is -2.62. The maximum Gasteiger partial charge on any atom is 0.466 e. The number of carbonyl (C=O) groups is 2. The van der Waals surface area contributed by atoms with Crippen molar-refractivity contribution in [2.24, 2.45) is 0 Å². The van der Waals surface area contributed by atoms with Gasteiger partial charge in [-0.25, -0.2) is 4.79 Å². The van der Waals surface area contributed by atoms with Gasteiger partial charge in [0, 0.05) is 19.7 Å². The largest absolute Gasteiger partial charge is 0.466 e. The van der Waals surface area contributed by atoms with Crippen LogP contribution in [0, 0.1) is 0 Å². The van der Waals surface area contributed by atoms with Crippen molar-refractivity contribution in [3.63, 3.8) is 0 Å². The second kappa shape index (κ2) is 7.21. The molecule has 8 nitrogen and oxygen atoms in total. The van der Waals surface area contributed by atoms with Crippen LogP contribution >= 0.6 is 0 Å². The van der Waals surface area contributed by atoms with Gasteiger partial charge in [0.15, 0.2) is 0 Å². The maximum atomic E-state index is 13.3. The average Bonchev–Trinajstić information content (AvgIpc) is 2.39. The lowest BCUT2D eigenvalue weighted by atomic mass is 10.2. The zero-order valence-electron chi connectivity index (χ0n) is 13.1. The van der Waals surface area contributed by atoms with E-state index >= 15 is 0 Å². The summed E-state index contributed by atoms with van der Waals surface area (Å²) in [7, 11) is -4.64. The normalized spacial score (nSPS) is 15.2. The number of rotatable bonds is 7. The van der Waals surface area contributed by atoms with Gasteiger partial charge in [-0.15, -0.1) is 0 Å². The van der Waals surface area contributed by atoms with Crippen molar-refractivity contribution in [3.8, 4) is 0 Å². The van der Waals surface area contributed by atoms with Crippen LogP contribution in [0.4, 0.5) is 22.0 Å². The van der Waals surface area contributed by atoms with Crippen LogP contribution in [0.5, 0.6) is 0 Å². The molecule has 0 rings (SSSR count). The Morgan fingerprint density at radius 2 is 1.60 bits per heavy atom. The maximum absolute atomic E-state index is 13.3. The Bertz CT molecular complexity index is 658. The van der Waals surface area contributed by atoms with Gasteiger partial charge in [-0.3, -0.25) is 9.35 Å². The third-order valence-corrected chi connectivity index (χ3v) is 3.34. The van der Waals surface area contributed by atoms with Crippen molar-refractivity contribution in [1.29, 1.82) is 0 Å². The van der Waals surface area contributed by atoms with Gasteiger partial charge in [0.2, 0.25) is 0 Å². The second-order valence-electron chi connectivity index (χ2n) is 4.88. The third kappa shape index (κ3) is 5.09. The molecule has 0 spiro atoms. The van der Waals surface area contributed by atoms with Gasteiger partial charge in [-0.1, -0.05) is 6.58 Å². The van der Waals surface area contributed by atoms with Crippen LogP contribution in [0.2, 0.25) is 0 Å². The van der Waals surface area contributed by atoms with Crippen LogP contribution in [-0.4, -0.2) is 67.7 Å². The van der Waals surface area contributed by atoms with Crippen molar-refractivity contribution in [2.75, 3.05) is 20.7 Å². The molecule has 0 aromatic heterocycles. The van der Waals surface area contributed by atoms with Gasteiger partial charge < -0.3 is 14.4 Å². The van der Waals surface area contributed by atoms with Crippen LogP contribution in [0.3, 0.4) is 0 Å². The van der Waals surface area contributed by atoms with E-state index in [1.54, 1.807) is 0 Å². The lowest BCUT2D eigenvalue weighted by Gasteiger charge is -2.35. The van der Waals surface area contributed by atoms with Crippen LogP contribution < -0.4 is 0 Å². The monoisotopic (exact) mass is 399 g/mol. The summed E-state index contributed by atoms with van der Waals surface area (Å²) in [5, 5.41) is -5.22. The SMILES string of the molecule is C=C(C)C(=O)OC(OCC(F)(F)S(=O)(=O)O)(C(=O)N(C)C)C(F)(F)F. The van der Waals surface area contributed by atoms with Crippen LogP contribution in [0.25, 0.3) is 0 Å². The first-order valence-corrected chi connectivity index (χ1v) is 7.49. The molecule has 0 bridgehead atoms. The summed E-state index contributed by atoms with van der Waals surface area (Å²) >= 11 is 0. The molecule has 0 saturated heterocycles. The summed E-state index contributed by atoms with van der Waals surface area (Å²) in [6.45, 7) is 1.24. The first-order chi connectivity index (χ1) is 10.9. The predicted molar refractivity (Wildman–Crippen MR) is 70.8 cm³/mol. The fourth-order valence-corrected chi connectivity index (χ4v) is 1.38. The minimum Gasteiger partial charge on any atom is -0.412 e.